The van der Waals surface area contributed by atoms with Gasteiger partial charge in [-0.2, -0.15) is 12.6 Å². The fourth-order valence-electron chi connectivity index (χ4n) is 3.57. The number of amides is 4. The van der Waals surface area contributed by atoms with Gasteiger partial charge in [0.25, 0.3) is 0 Å². The lowest BCUT2D eigenvalue weighted by atomic mass is 10.0. The van der Waals surface area contributed by atoms with Crippen LogP contribution in [0.5, 0.6) is 5.75 Å². The Labute approximate surface area is 230 Å². The third-order valence-corrected chi connectivity index (χ3v) is 6.13. The first-order valence-corrected chi connectivity index (χ1v) is 12.7. The highest BCUT2D eigenvalue weighted by molar-refractivity contribution is 7.80. The van der Waals surface area contributed by atoms with Gasteiger partial charge in [-0.05, 0) is 29.7 Å². The smallest absolute Gasteiger partial charge is 0.327 e. The number of rotatable bonds is 15. The molecule has 2 aromatic carbocycles. The summed E-state index contributed by atoms with van der Waals surface area (Å²) in [5, 5.41) is 26.4. The van der Waals surface area contributed by atoms with Gasteiger partial charge in [0.2, 0.25) is 23.6 Å². The number of phenols is 1. The number of nitrogens with two attached hydrogens (primary N) is 2. The highest BCUT2D eigenvalue weighted by atomic mass is 32.1. The van der Waals surface area contributed by atoms with Crippen LogP contribution in [0.15, 0.2) is 54.6 Å². The number of carbonyl (C=O) groups excluding carboxylic acids is 4. The SMILES string of the molecule is NC(=O)CCC(N)C(=O)NC(Cc1ccc(O)cc1)C(=O)NC(Cc1ccccc1)C(=O)NC(CS)C(=O)O. The number of aromatic hydroxyl groups is 1. The second-order valence-corrected chi connectivity index (χ2v) is 9.24. The number of thiol groups is 1. The maximum absolute atomic E-state index is 13.4. The number of carboxylic acid groups (broad SMARTS) is 1. The Morgan fingerprint density at radius 3 is 1.74 bits per heavy atom. The van der Waals surface area contributed by atoms with Crippen LogP contribution >= 0.6 is 12.6 Å². The fraction of sp³-hybridized carbons (Fsp3) is 0.346. The number of carboxylic acids is 1. The maximum atomic E-state index is 13.4. The molecule has 0 radical (unpaired) electrons. The molecule has 12 nitrogen and oxygen atoms in total. The normalized spacial score (nSPS) is 13.8. The van der Waals surface area contributed by atoms with Crippen LogP contribution in [0, 0.1) is 0 Å². The van der Waals surface area contributed by atoms with E-state index in [4.69, 9.17) is 11.5 Å². The quantitative estimate of drug-likeness (QED) is 0.130. The predicted octanol–water partition coefficient (Wildman–Crippen LogP) is -0.761. The van der Waals surface area contributed by atoms with Crippen molar-refractivity contribution < 1.29 is 34.2 Å². The molecule has 0 aliphatic heterocycles. The van der Waals surface area contributed by atoms with Crippen LogP contribution in [0.1, 0.15) is 24.0 Å². The second-order valence-electron chi connectivity index (χ2n) is 8.88. The molecule has 4 unspecified atom stereocenters. The molecule has 13 heteroatoms. The first-order chi connectivity index (χ1) is 18.5. The van der Waals surface area contributed by atoms with Crippen LogP contribution in [0.25, 0.3) is 0 Å². The molecule has 2 rings (SSSR count). The van der Waals surface area contributed by atoms with Gasteiger partial charge in [-0.15, -0.1) is 0 Å². The molecule has 0 aliphatic rings. The monoisotopic (exact) mass is 559 g/mol. The molecule has 0 heterocycles. The van der Waals surface area contributed by atoms with Crippen LogP contribution in [0.4, 0.5) is 0 Å². The first kappa shape index (κ1) is 31.1. The van der Waals surface area contributed by atoms with Gasteiger partial charge in [-0.3, -0.25) is 19.2 Å². The lowest BCUT2D eigenvalue weighted by molar-refractivity contribution is -0.141. The number of nitrogens with one attached hydrogen (secondary N) is 3. The van der Waals surface area contributed by atoms with Gasteiger partial charge in [0.15, 0.2) is 0 Å². The molecule has 0 saturated carbocycles. The molecule has 0 aliphatic carbocycles. The average Bonchev–Trinajstić information content (AvgIpc) is 2.90. The lowest BCUT2D eigenvalue weighted by Gasteiger charge is -2.25. The lowest BCUT2D eigenvalue weighted by Crippen LogP contribution is -2.58. The number of carbonyl (C=O) groups is 5. The molecule has 4 atom stereocenters. The van der Waals surface area contributed by atoms with Gasteiger partial charge in [0.1, 0.15) is 23.9 Å². The molecule has 0 fully saturated rings. The van der Waals surface area contributed by atoms with Crippen molar-refractivity contribution in [3.05, 3.63) is 65.7 Å². The maximum Gasteiger partial charge on any atom is 0.327 e. The largest absolute Gasteiger partial charge is 0.508 e. The van der Waals surface area contributed by atoms with Crippen LogP contribution in [0.2, 0.25) is 0 Å². The second kappa shape index (κ2) is 15.3. The number of hydrogen-bond acceptors (Lipinski definition) is 8. The molecule has 9 N–H and O–H groups in total. The molecule has 39 heavy (non-hydrogen) atoms. The van der Waals surface area contributed by atoms with Crippen LogP contribution in [-0.4, -0.2) is 69.7 Å². The Balaban J connectivity index is 2.29. The fourth-order valence-corrected chi connectivity index (χ4v) is 3.82. The highest BCUT2D eigenvalue weighted by Crippen LogP contribution is 2.12. The van der Waals surface area contributed by atoms with E-state index < -0.39 is 53.8 Å². The first-order valence-electron chi connectivity index (χ1n) is 12.1. The summed E-state index contributed by atoms with van der Waals surface area (Å²) in [6, 6.07) is 9.93. The van der Waals surface area contributed by atoms with E-state index in [1.165, 1.54) is 12.1 Å². The molecule has 210 valence electrons. The summed E-state index contributed by atoms with van der Waals surface area (Å²) >= 11 is 3.96. The summed E-state index contributed by atoms with van der Waals surface area (Å²) in [5.41, 5.74) is 12.3. The summed E-state index contributed by atoms with van der Waals surface area (Å²) in [4.78, 5) is 61.7. The Kier molecular flexibility index (Phi) is 12.2. The van der Waals surface area contributed by atoms with Gasteiger partial charge in [0, 0.05) is 25.0 Å². The van der Waals surface area contributed by atoms with Gasteiger partial charge in [-0.25, -0.2) is 4.79 Å². The zero-order valence-corrected chi connectivity index (χ0v) is 22.0. The highest BCUT2D eigenvalue weighted by Gasteiger charge is 2.30. The Hall–Kier alpha value is -4.10. The third kappa shape index (κ3) is 10.7. The van der Waals surface area contributed by atoms with Crippen molar-refractivity contribution in [1.82, 2.24) is 16.0 Å². The third-order valence-electron chi connectivity index (χ3n) is 5.76. The Bertz CT molecular complexity index is 1150. The van der Waals surface area contributed by atoms with Crippen molar-refractivity contribution >= 4 is 42.2 Å². The summed E-state index contributed by atoms with van der Waals surface area (Å²) in [6.45, 7) is 0. The molecular formula is C26H33N5O7S. The molecule has 0 bridgehead atoms. The molecule has 4 amide bonds. The zero-order chi connectivity index (χ0) is 28.9. The molecular weight excluding hydrogens is 526 g/mol. The molecule has 0 spiro atoms. The number of aliphatic carboxylic acids is 1. The van der Waals surface area contributed by atoms with Gasteiger partial charge in [-0.1, -0.05) is 42.5 Å². The van der Waals surface area contributed by atoms with E-state index in [-0.39, 0.29) is 37.2 Å². The van der Waals surface area contributed by atoms with E-state index in [0.717, 1.165) is 0 Å². The van der Waals surface area contributed by atoms with Crippen molar-refractivity contribution in [2.45, 2.75) is 49.9 Å². The van der Waals surface area contributed by atoms with Crippen molar-refractivity contribution in [3.8, 4) is 5.75 Å². The van der Waals surface area contributed by atoms with E-state index in [2.05, 4.69) is 28.6 Å². The van der Waals surface area contributed by atoms with E-state index in [1.807, 2.05) is 0 Å². The molecule has 0 aromatic heterocycles. The zero-order valence-electron chi connectivity index (χ0n) is 21.1. The van der Waals surface area contributed by atoms with E-state index in [9.17, 15) is 34.2 Å². The minimum absolute atomic E-state index is 0.00836. The summed E-state index contributed by atoms with van der Waals surface area (Å²) in [6.07, 6.45) is -0.142. The average molecular weight is 560 g/mol. The van der Waals surface area contributed by atoms with Crippen molar-refractivity contribution in [1.29, 1.82) is 0 Å². The van der Waals surface area contributed by atoms with Gasteiger partial charge in [0.05, 0.1) is 6.04 Å². The summed E-state index contributed by atoms with van der Waals surface area (Å²) in [7, 11) is 0. The number of phenolic OH excluding ortho intramolecular Hbond substituents is 1. The van der Waals surface area contributed by atoms with E-state index in [0.29, 0.717) is 11.1 Å². The number of benzene rings is 2. The van der Waals surface area contributed by atoms with Crippen molar-refractivity contribution in [2.75, 3.05) is 5.75 Å². The number of primary amides is 1. The van der Waals surface area contributed by atoms with E-state index in [1.54, 1.807) is 42.5 Å². The Morgan fingerprint density at radius 2 is 1.26 bits per heavy atom. The molecule has 0 saturated heterocycles. The van der Waals surface area contributed by atoms with E-state index >= 15 is 0 Å². The summed E-state index contributed by atoms with van der Waals surface area (Å²) in [5.74, 6) is -4.27. The van der Waals surface area contributed by atoms with Crippen LogP contribution in [-0.2, 0) is 36.8 Å². The topological polar surface area (TPSA) is 214 Å². The van der Waals surface area contributed by atoms with Crippen molar-refractivity contribution in [3.63, 3.8) is 0 Å². The van der Waals surface area contributed by atoms with Crippen molar-refractivity contribution in [2.24, 2.45) is 11.5 Å². The minimum atomic E-state index is -1.29. The summed E-state index contributed by atoms with van der Waals surface area (Å²) < 4.78 is 0. The van der Waals surface area contributed by atoms with Gasteiger partial charge < -0.3 is 37.6 Å². The van der Waals surface area contributed by atoms with Crippen LogP contribution < -0.4 is 27.4 Å². The molecule has 2 aromatic rings. The standard InChI is InChI=1S/C26H33N5O7S/c27-18(10-11-22(28)33)23(34)29-19(13-16-6-8-17(32)9-7-16)24(35)30-20(12-15-4-2-1-3-5-15)25(36)31-21(14-39)26(37)38/h1-9,18-21,32,39H,10-14,27H2,(H2,28,33)(H,29,34)(H,30,35)(H,31,36)(H,37,38). The van der Waals surface area contributed by atoms with Gasteiger partial charge >= 0.3 is 5.97 Å². The van der Waals surface area contributed by atoms with Crippen LogP contribution in [0.3, 0.4) is 0 Å². The minimum Gasteiger partial charge on any atom is -0.508 e. The number of hydrogen-bond donors (Lipinski definition) is 8. The predicted molar refractivity (Wildman–Crippen MR) is 146 cm³/mol. The Morgan fingerprint density at radius 1 is 0.769 bits per heavy atom.